The second-order valence-electron chi connectivity index (χ2n) is 5.38. The largest absolute Gasteiger partial charge is 0.350 e. The predicted octanol–water partition coefficient (Wildman–Crippen LogP) is 3.46. The molecule has 1 N–H and O–H groups in total. The number of nitrogens with zero attached hydrogens (tertiary/aromatic N) is 1. The molecule has 120 valence electrons. The Morgan fingerprint density at radius 2 is 1.78 bits per heavy atom. The Kier molecular flexibility index (Phi) is 4.57. The third kappa shape index (κ3) is 3.49. The fraction of sp³-hybridized carbons (Fsp3) is 0.176. The van der Waals surface area contributed by atoms with Crippen molar-refractivity contribution >= 4 is 36.9 Å². The van der Waals surface area contributed by atoms with E-state index < -0.39 is 10.0 Å². The maximum Gasteiger partial charge on any atom is 0.240 e. The topological polar surface area (TPSA) is 51.1 Å². The van der Waals surface area contributed by atoms with Crippen molar-refractivity contribution < 1.29 is 8.42 Å². The van der Waals surface area contributed by atoms with Gasteiger partial charge in [0.2, 0.25) is 10.0 Å². The molecule has 23 heavy (non-hydrogen) atoms. The monoisotopic (exact) mass is 392 g/mol. The number of sulfonamides is 1. The molecule has 0 unspecified atom stereocenters. The van der Waals surface area contributed by atoms with Gasteiger partial charge in [0.05, 0.1) is 4.90 Å². The molecule has 3 aromatic rings. The van der Waals surface area contributed by atoms with Crippen molar-refractivity contribution in [1.29, 1.82) is 0 Å². The van der Waals surface area contributed by atoms with Crippen LogP contribution in [0.15, 0.2) is 64.1 Å². The first-order valence-corrected chi connectivity index (χ1v) is 9.53. The van der Waals surface area contributed by atoms with Crippen LogP contribution in [0.5, 0.6) is 0 Å². The Balaban J connectivity index is 1.72. The highest BCUT2D eigenvalue weighted by Crippen LogP contribution is 2.20. The zero-order chi connectivity index (χ0) is 16.4. The van der Waals surface area contributed by atoms with Crippen molar-refractivity contribution in [2.75, 3.05) is 6.54 Å². The van der Waals surface area contributed by atoms with E-state index in [1.165, 1.54) is 0 Å². The van der Waals surface area contributed by atoms with Gasteiger partial charge in [-0.15, -0.1) is 0 Å². The number of aromatic nitrogens is 1. The van der Waals surface area contributed by atoms with Crippen LogP contribution in [0.1, 0.15) is 5.56 Å². The molecule has 0 atom stereocenters. The number of hydrogen-bond donors (Lipinski definition) is 1. The summed E-state index contributed by atoms with van der Waals surface area (Å²) in [7, 11) is -1.47. The molecule has 0 saturated heterocycles. The van der Waals surface area contributed by atoms with Gasteiger partial charge in [-0.2, -0.15) is 0 Å². The molecule has 0 radical (unpaired) electrons. The summed E-state index contributed by atoms with van der Waals surface area (Å²) >= 11 is 3.30. The maximum absolute atomic E-state index is 12.3. The van der Waals surface area contributed by atoms with E-state index in [1.54, 1.807) is 24.3 Å². The quantitative estimate of drug-likeness (QED) is 0.722. The number of rotatable bonds is 5. The minimum atomic E-state index is -3.47. The number of halogens is 1. The first-order valence-electron chi connectivity index (χ1n) is 7.25. The molecule has 2 aromatic carbocycles. The number of hydrogen-bond acceptors (Lipinski definition) is 2. The van der Waals surface area contributed by atoms with E-state index in [4.69, 9.17) is 0 Å². The van der Waals surface area contributed by atoms with Crippen LogP contribution < -0.4 is 4.72 Å². The third-order valence-corrected chi connectivity index (χ3v) is 5.80. The van der Waals surface area contributed by atoms with E-state index in [1.807, 2.05) is 19.2 Å². The smallest absolute Gasteiger partial charge is 0.240 e. The molecule has 6 heteroatoms. The van der Waals surface area contributed by atoms with Crippen molar-refractivity contribution in [3.63, 3.8) is 0 Å². The molecule has 0 bridgehead atoms. The van der Waals surface area contributed by atoms with Crippen LogP contribution in [0.4, 0.5) is 0 Å². The lowest BCUT2D eigenvalue weighted by molar-refractivity contribution is 0.581. The van der Waals surface area contributed by atoms with Crippen molar-refractivity contribution in [1.82, 2.24) is 9.29 Å². The second kappa shape index (κ2) is 6.47. The summed E-state index contributed by atoms with van der Waals surface area (Å²) in [5.74, 6) is 0. The van der Waals surface area contributed by atoms with Gasteiger partial charge in [0.25, 0.3) is 0 Å². The van der Waals surface area contributed by atoms with Crippen molar-refractivity contribution in [2.45, 2.75) is 11.3 Å². The SMILES string of the molecule is Cn1cc(CCNS(=O)(=O)c2ccc(Br)cc2)c2ccccc21. The fourth-order valence-corrected chi connectivity index (χ4v) is 3.94. The van der Waals surface area contributed by atoms with Crippen molar-refractivity contribution in [2.24, 2.45) is 7.05 Å². The Morgan fingerprint density at radius 3 is 2.52 bits per heavy atom. The number of fused-ring (bicyclic) bond motifs is 1. The molecule has 0 fully saturated rings. The lowest BCUT2D eigenvalue weighted by atomic mass is 10.1. The molecule has 4 nitrogen and oxygen atoms in total. The van der Waals surface area contributed by atoms with Gasteiger partial charge in [-0.3, -0.25) is 0 Å². The molecule has 0 saturated carbocycles. The van der Waals surface area contributed by atoms with Crippen LogP contribution in [-0.4, -0.2) is 19.5 Å². The Labute approximate surface area is 144 Å². The zero-order valence-electron chi connectivity index (χ0n) is 12.7. The molecular formula is C17H17BrN2O2S. The van der Waals surface area contributed by atoms with Gasteiger partial charge in [0.1, 0.15) is 0 Å². The van der Waals surface area contributed by atoms with Crippen molar-refractivity contribution in [3.8, 4) is 0 Å². The number of aryl methyl sites for hydroxylation is 1. The summed E-state index contributed by atoms with van der Waals surface area (Å²) in [6.45, 7) is 0.367. The predicted molar refractivity (Wildman–Crippen MR) is 96.0 cm³/mol. The zero-order valence-corrected chi connectivity index (χ0v) is 15.1. The van der Waals surface area contributed by atoms with Gasteiger partial charge in [0.15, 0.2) is 0 Å². The fourth-order valence-electron chi connectivity index (χ4n) is 2.64. The highest BCUT2D eigenvalue weighted by Gasteiger charge is 2.13. The van der Waals surface area contributed by atoms with E-state index in [-0.39, 0.29) is 4.90 Å². The Morgan fingerprint density at radius 1 is 1.09 bits per heavy atom. The van der Waals surface area contributed by atoms with Gasteiger partial charge in [0, 0.05) is 35.2 Å². The first kappa shape index (κ1) is 16.2. The maximum atomic E-state index is 12.3. The molecule has 0 spiro atoms. The Hall–Kier alpha value is -1.63. The summed E-state index contributed by atoms with van der Waals surface area (Å²) in [6, 6.07) is 14.7. The highest BCUT2D eigenvalue weighted by molar-refractivity contribution is 9.10. The highest BCUT2D eigenvalue weighted by atomic mass is 79.9. The van der Waals surface area contributed by atoms with Crippen LogP contribution in [0.25, 0.3) is 10.9 Å². The minimum Gasteiger partial charge on any atom is -0.350 e. The van der Waals surface area contributed by atoms with E-state index in [2.05, 4.69) is 43.5 Å². The van der Waals surface area contributed by atoms with Crippen LogP contribution in [0.3, 0.4) is 0 Å². The van der Waals surface area contributed by atoms with Gasteiger partial charge in [-0.25, -0.2) is 13.1 Å². The number of para-hydroxylation sites is 1. The number of benzene rings is 2. The molecule has 0 aliphatic rings. The summed E-state index contributed by atoms with van der Waals surface area (Å²) in [5.41, 5.74) is 2.29. The summed E-state index contributed by atoms with van der Waals surface area (Å²) in [4.78, 5) is 0.276. The average Bonchev–Trinajstić information content (AvgIpc) is 2.85. The van der Waals surface area contributed by atoms with E-state index in [0.717, 1.165) is 20.9 Å². The van der Waals surface area contributed by atoms with Gasteiger partial charge in [-0.1, -0.05) is 34.1 Å². The second-order valence-corrected chi connectivity index (χ2v) is 8.07. The molecular weight excluding hydrogens is 376 g/mol. The van der Waals surface area contributed by atoms with Gasteiger partial charge >= 0.3 is 0 Å². The van der Waals surface area contributed by atoms with Gasteiger partial charge in [-0.05, 0) is 42.3 Å². The molecule has 1 heterocycles. The molecule has 0 amide bonds. The summed E-state index contributed by atoms with van der Waals surface area (Å²) in [5, 5.41) is 1.16. The van der Waals surface area contributed by atoms with Gasteiger partial charge < -0.3 is 4.57 Å². The van der Waals surface area contributed by atoms with E-state index in [9.17, 15) is 8.42 Å². The van der Waals surface area contributed by atoms with E-state index >= 15 is 0 Å². The summed E-state index contributed by atoms with van der Waals surface area (Å²) < 4.78 is 30.1. The lowest BCUT2D eigenvalue weighted by Gasteiger charge is -2.06. The average molecular weight is 393 g/mol. The van der Waals surface area contributed by atoms with Crippen molar-refractivity contribution in [3.05, 3.63) is 64.8 Å². The van der Waals surface area contributed by atoms with Crippen LogP contribution in [-0.2, 0) is 23.5 Å². The van der Waals surface area contributed by atoms with E-state index in [0.29, 0.717) is 13.0 Å². The lowest BCUT2D eigenvalue weighted by Crippen LogP contribution is -2.25. The summed E-state index contributed by atoms with van der Waals surface area (Å²) in [6.07, 6.45) is 2.70. The van der Waals surface area contributed by atoms with Crippen LogP contribution in [0.2, 0.25) is 0 Å². The molecule has 3 rings (SSSR count). The molecule has 1 aromatic heterocycles. The van der Waals surface area contributed by atoms with Crippen LogP contribution >= 0.6 is 15.9 Å². The minimum absolute atomic E-state index is 0.276. The van der Waals surface area contributed by atoms with Crippen LogP contribution in [0, 0.1) is 0 Å². The molecule has 0 aliphatic carbocycles. The standard InChI is InChI=1S/C17H17BrN2O2S/c1-20-12-13(16-4-2-3-5-17(16)20)10-11-19-23(21,22)15-8-6-14(18)7-9-15/h2-9,12,19H,10-11H2,1H3. The normalized spacial score (nSPS) is 11.9. The number of nitrogens with one attached hydrogen (secondary N) is 1. The Bertz CT molecular complexity index is 931. The first-order chi connectivity index (χ1) is 11.0. The molecule has 0 aliphatic heterocycles. The third-order valence-electron chi connectivity index (χ3n) is 3.79.